The van der Waals surface area contributed by atoms with Gasteiger partial charge in [-0.2, -0.15) is 0 Å². The van der Waals surface area contributed by atoms with E-state index in [1.807, 2.05) is 0 Å². The molecule has 2 rings (SSSR count). The van der Waals surface area contributed by atoms with E-state index in [0.29, 0.717) is 22.8 Å². The van der Waals surface area contributed by atoms with Gasteiger partial charge in [0.2, 0.25) is 5.91 Å². The average molecular weight is 302 g/mol. The standard InChI is InChI=1S/C15H18N4O3/c1-9-7-13(19-22-9)18-14(20)10(2)17-12-6-4-5-11(8-12)15(21)16-3/h4-8,10,17H,1-3H3,(H,16,21)(H,18,19,20). The second kappa shape index (κ2) is 6.75. The topological polar surface area (TPSA) is 96.3 Å². The maximum atomic E-state index is 12.1. The first-order chi connectivity index (χ1) is 10.5. The molecule has 0 aliphatic carbocycles. The molecule has 3 N–H and O–H groups in total. The van der Waals surface area contributed by atoms with Gasteiger partial charge in [0.25, 0.3) is 5.91 Å². The minimum Gasteiger partial charge on any atom is -0.374 e. The summed E-state index contributed by atoms with van der Waals surface area (Å²) in [6.07, 6.45) is 0. The number of carbonyl (C=O) groups excluding carboxylic acids is 2. The first-order valence-corrected chi connectivity index (χ1v) is 6.82. The Hall–Kier alpha value is -2.83. The van der Waals surface area contributed by atoms with Crippen LogP contribution in [-0.4, -0.2) is 30.1 Å². The predicted octanol–water partition coefficient (Wildman–Crippen LogP) is 1.78. The van der Waals surface area contributed by atoms with Crippen LogP contribution in [0.15, 0.2) is 34.9 Å². The van der Waals surface area contributed by atoms with Crippen LogP contribution >= 0.6 is 0 Å². The van der Waals surface area contributed by atoms with E-state index in [0.717, 1.165) is 0 Å². The molecular formula is C15H18N4O3. The minimum atomic E-state index is -0.503. The van der Waals surface area contributed by atoms with Gasteiger partial charge in [0.15, 0.2) is 5.82 Å². The molecule has 1 heterocycles. The van der Waals surface area contributed by atoms with Crippen molar-refractivity contribution >= 4 is 23.3 Å². The minimum absolute atomic E-state index is 0.182. The normalized spacial score (nSPS) is 11.6. The zero-order chi connectivity index (χ0) is 16.1. The highest BCUT2D eigenvalue weighted by atomic mass is 16.5. The molecular weight excluding hydrogens is 284 g/mol. The molecule has 22 heavy (non-hydrogen) atoms. The van der Waals surface area contributed by atoms with Crippen LogP contribution in [0, 0.1) is 6.92 Å². The van der Waals surface area contributed by atoms with E-state index in [1.54, 1.807) is 51.2 Å². The number of nitrogens with one attached hydrogen (secondary N) is 3. The molecule has 2 aromatic rings. The highest BCUT2D eigenvalue weighted by molar-refractivity contribution is 5.97. The Morgan fingerprint density at radius 2 is 2.05 bits per heavy atom. The number of carbonyl (C=O) groups is 2. The second-order valence-electron chi connectivity index (χ2n) is 4.84. The number of hydrogen-bond donors (Lipinski definition) is 3. The summed E-state index contributed by atoms with van der Waals surface area (Å²) in [4.78, 5) is 23.7. The summed E-state index contributed by atoms with van der Waals surface area (Å²) >= 11 is 0. The average Bonchev–Trinajstić information content (AvgIpc) is 2.91. The summed E-state index contributed by atoms with van der Waals surface area (Å²) in [7, 11) is 1.57. The molecule has 0 saturated carbocycles. The molecule has 0 aliphatic heterocycles. The van der Waals surface area contributed by atoms with E-state index >= 15 is 0 Å². The van der Waals surface area contributed by atoms with Crippen LogP contribution in [0.1, 0.15) is 23.0 Å². The van der Waals surface area contributed by atoms with Crippen LogP contribution in [0.5, 0.6) is 0 Å². The van der Waals surface area contributed by atoms with E-state index in [4.69, 9.17) is 4.52 Å². The summed E-state index contributed by atoms with van der Waals surface area (Å²) in [6.45, 7) is 3.46. The smallest absolute Gasteiger partial charge is 0.251 e. The maximum absolute atomic E-state index is 12.1. The molecule has 116 valence electrons. The number of amides is 2. The molecule has 1 atom stereocenters. The van der Waals surface area contributed by atoms with Crippen LogP contribution in [0.2, 0.25) is 0 Å². The molecule has 0 spiro atoms. The van der Waals surface area contributed by atoms with Crippen LogP contribution < -0.4 is 16.0 Å². The third kappa shape index (κ3) is 3.85. The Balaban J connectivity index is 2.00. The number of benzene rings is 1. The SMILES string of the molecule is CNC(=O)c1cccc(NC(C)C(=O)Nc2cc(C)on2)c1. The number of anilines is 2. The van der Waals surface area contributed by atoms with Crippen molar-refractivity contribution in [2.45, 2.75) is 19.9 Å². The fraction of sp³-hybridized carbons (Fsp3) is 0.267. The molecule has 0 bridgehead atoms. The molecule has 7 heteroatoms. The quantitative estimate of drug-likeness (QED) is 0.782. The Kier molecular flexibility index (Phi) is 4.77. The number of nitrogens with zero attached hydrogens (tertiary/aromatic N) is 1. The van der Waals surface area contributed by atoms with Crippen LogP contribution in [0.3, 0.4) is 0 Å². The summed E-state index contributed by atoms with van der Waals surface area (Å²) in [6, 6.07) is 8.05. The highest BCUT2D eigenvalue weighted by Gasteiger charge is 2.15. The number of rotatable bonds is 5. The molecule has 1 aromatic carbocycles. The zero-order valence-corrected chi connectivity index (χ0v) is 12.6. The molecule has 2 amide bonds. The van der Waals surface area contributed by atoms with Gasteiger partial charge in [0, 0.05) is 24.4 Å². The molecule has 0 aliphatic rings. The van der Waals surface area contributed by atoms with Gasteiger partial charge in [-0.25, -0.2) is 0 Å². The lowest BCUT2D eigenvalue weighted by Crippen LogP contribution is -2.32. The van der Waals surface area contributed by atoms with Crippen molar-refractivity contribution in [1.82, 2.24) is 10.5 Å². The lowest BCUT2D eigenvalue weighted by atomic mass is 10.1. The van der Waals surface area contributed by atoms with Gasteiger partial charge < -0.3 is 20.5 Å². The summed E-state index contributed by atoms with van der Waals surface area (Å²) in [5.41, 5.74) is 1.20. The monoisotopic (exact) mass is 302 g/mol. The summed E-state index contributed by atoms with van der Waals surface area (Å²) < 4.78 is 4.89. The van der Waals surface area contributed by atoms with E-state index in [1.165, 1.54) is 0 Å². The Labute approximate surface area is 128 Å². The zero-order valence-electron chi connectivity index (χ0n) is 12.6. The van der Waals surface area contributed by atoms with Crippen molar-refractivity contribution in [2.24, 2.45) is 0 Å². The second-order valence-corrected chi connectivity index (χ2v) is 4.84. The number of hydrogen-bond acceptors (Lipinski definition) is 5. The predicted molar refractivity (Wildman–Crippen MR) is 82.8 cm³/mol. The summed E-state index contributed by atoms with van der Waals surface area (Å²) in [5, 5.41) is 11.9. The van der Waals surface area contributed by atoms with Crippen LogP contribution in [-0.2, 0) is 4.79 Å². The fourth-order valence-electron chi connectivity index (χ4n) is 1.87. The molecule has 7 nitrogen and oxygen atoms in total. The number of aromatic nitrogens is 1. The van der Waals surface area contributed by atoms with Crippen LogP contribution in [0.25, 0.3) is 0 Å². The highest BCUT2D eigenvalue weighted by Crippen LogP contribution is 2.13. The van der Waals surface area contributed by atoms with Crippen molar-refractivity contribution in [2.75, 3.05) is 17.7 Å². The van der Waals surface area contributed by atoms with Crippen molar-refractivity contribution in [3.63, 3.8) is 0 Å². The number of aryl methyl sites for hydroxylation is 1. The molecule has 1 unspecified atom stereocenters. The van der Waals surface area contributed by atoms with Crippen molar-refractivity contribution in [1.29, 1.82) is 0 Å². The van der Waals surface area contributed by atoms with Crippen molar-refractivity contribution in [3.05, 3.63) is 41.7 Å². The first-order valence-electron chi connectivity index (χ1n) is 6.82. The van der Waals surface area contributed by atoms with E-state index in [9.17, 15) is 9.59 Å². The van der Waals surface area contributed by atoms with Gasteiger partial charge in [-0.05, 0) is 32.0 Å². The van der Waals surface area contributed by atoms with E-state index < -0.39 is 6.04 Å². The van der Waals surface area contributed by atoms with E-state index in [2.05, 4.69) is 21.1 Å². The molecule has 1 aromatic heterocycles. The molecule has 0 fully saturated rings. The third-order valence-electron chi connectivity index (χ3n) is 3.01. The van der Waals surface area contributed by atoms with Crippen molar-refractivity contribution < 1.29 is 14.1 Å². The maximum Gasteiger partial charge on any atom is 0.251 e. The van der Waals surface area contributed by atoms with Gasteiger partial charge in [0.05, 0.1) is 0 Å². The van der Waals surface area contributed by atoms with Crippen molar-refractivity contribution in [3.8, 4) is 0 Å². The Morgan fingerprint density at radius 3 is 2.68 bits per heavy atom. The van der Waals surface area contributed by atoms with Gasteiger partial charge in [-0.3, -0.25) is 9.59 Å². The molecule has 0 radical (unpaired) electrons. The summed E-state index contributed by atoms with van der Waals surface area (Å²) in [5.74, 6) is 0.557. The van der Waals surface area contributed by atoms with Crippen LogP contribution in [0.4, 0.5) is 11.5 Å². The van der Waals surface area contributed by atoms with E-state index in [-0.39, 0.29) is 11.8 Å². The van der Waals surface area contributed by atoms with Gasteiger partial charge in [-0.15, -0.1) is 0 Å². The Bertz CT molecular complexity index is 681. The largest absolute Gasteiger partial charge is 0.374 e. The lowest BCUT2D eigenvalue weighted by Gasteiger charge is -2.14. The third-order valence-corrected chi connectivity index (χ3v) is 3.01. The Morgan fingerprint density at radius 1 is 1.27 bits per heavy atom. The van der Waals surface area contributed by atoms with Gasteiger partial charge in [-0.1, -0.05) is 11.2 Å². The fourth-order valence-corrected chi connectivity index (χ4v) is 1.87. The lowest BCUT2D eigenvalue weighted by molar-refractivity contribution is -0.116. The van der Waals surface area contributed by atoms with Gasteiger partial charge >= 0.3 is 0 Å². The molecule has 0 saturated heterocycles. The van der Waals surface area contributed by atoms with Gasteiger partial charge in [0.1, 0.15) is 11.8 Å². The first kappa shape index (κ1) is 15.6.